The van der Waals surface area contributed by atoms with Crippen LogP contribution in [-0.2, 0) is 4.74 Å². The largest absolute Gasteiger partial charge is 0.497 e. The molecule has 1 N–H and O–H groups in total. The van der Waals surface area contributed by atoms with Gasteiger partial charge in [0.05, 0.1) is 54.7 Å². The molecular formula is C28H27N3O5. The molecule has 8 nitrogen and oxygen atoms in total. The summed E-state index contributed by atoms with van der Waals surface area (Å²) in [5.41, 5.74) is 3.87. The van der Waals surface area contributed by atoms with Gasteiger partial charge in [-0.1, -0.05) is 0 Å². The van der Waals surface area contributed by atoms with Crippen LogP contribution >= 0.6 is 0 Å². The molecule has 0 spiro atoms. The van der Waals surface area contributed by atoms with Crippen LogP contribution in [-0.4, -0.2) is 42.3 Å². The van der Waals surface area contributed by atoms with Crippen LogP contribution in [0.5, 0.6) is 11.5 Å². The second-order valence-corrected chi connectivity index (χ2v) is 7.89. The fraction of sp³-hybridized carbons (Fsp3) is 0.179. The molecule has 0 radical (unpaired) electrons. The lowest BCUT2D eigenvalue weighted by Gasteiger charge is -2.06. The van der Waals surface area contributed by atoms with E-state index < -0.39 is 0 Å². The van der Waals surface area contributed by atoms with Gasteiger partial charge in [0.25, 0.3) is 5.56 Å². The molecule has 0 aliphatic carbocycles. The Morgan fingerprint density at radius 3 is 2.03 bits per heavy atom. The molecule has 4 rings (SSSR count). The zero-order valence-corrected chi connectivity index (χ0v) is 20.6. The van der Waals surface area contributed by atoms with Gasteiger partial charge in [0.2, 0.25) is 0 Å². The minimum absolute atomic E-state index is 0.240. The Kier molecular flexibility index (Phi) is 7.34. The quantitative estimate of drug-likeness (QED) is 0.275. The molecule has 0 aliphatic heterocycles. The first-order valence-electron chi connectivity index (χ1n) is 11.4. The fourth-order valence-electron chi connectivity index (χ4n) is 3.79. The Hall–Kier alpha value is -4.59. The van der Waals surface area contributed by atoms with E-state index in [-0.39, 0.29) is 11.5 Å². The van der Waals surface area contributed by atoms with Crippen molar-refractivity contribution in [1.82, 2.24) is 9.78 Å². The zero-order chi connectivity index (χ0) is 25.7. The van der Waals surface area contributed by atoms with Crippen LogP contribution < -0.4 is 15.0 Å². The van der Waals surface area contributed by atoms with Gasteiger partial charge in [-0.25, -0.2) is 9.48 Å². The van der Waals surface area contributed by atoms with E-state index in [1.54, 1.807) is 76.6 Å². The number of hydrogen-bond donors (Lipinski definition) is 1. The highest BCUT2D eigenvalue weighted by atomic mass is 16.5. The molecule has 8 heteroatoms. The van der Waals surface area contributed by atoms with Crippen molar-refractivity contribution in [3.8, 4) is 28.4 Å². The highest BCUT2D eigenvalue weighted by Gasteiger charge is 2.20. The van der Waals surface area contributed by atoms with Gasteiger partial charge in [-0.2, -0.15) is 0 Å². The van der Waals surface area contributed by atoms with E-state index in [2.05, 4.69) is 10.1 Å². The van der Waals surface area contributed by atoms with Gasteiger partial charge < -0.3 is 14.2 Å². The van der Waals surface area contributed by atoms with Crippen LogP contribution in [0.25, 0.3) is 16.9 Å². The standard InChI is InChI=1S/C28H27N3O5/c1-5-36-28(33)20-6-10-21(11-7-20)29-18(2)25-26(19-8-14-23(34-3)15-9-19)30-31(27(25)32)22-12-16-24(35-4)17-13-22/h6-17,30H,5H2,1-4H3. The van der Waals surface area contributed by atoms with Crippen LogP contribution in [0, 0.1) is 0 Å². The molecule has 0 atom stereocenters. The van der Waals surface area contributed by atoms with Crippen molar-refractivity contribution in [2.24, 2.45) is 4.99 Å². The van der Waals surface area contributed by atoms with Crippen molar-refractivity contribution in [3.63, 3.8) is 0 Å². The van der Waals surface area contributed by atoms with Gasteiger partial charge in [-0.05, 0) is 86.6 Å². The van der Waals surface area contributed by atoms with Gasteiger partial charge >= 0.3 is 5.97 Å². The average Bonchev–Trinajstić information content (AvgIpc) is 3.26. The Morgan fingerprint density at radius 2 is 1.47 bits per heavy atom. The number of methoxy groups -OCH3 is 2. The molecule has 3 aromatic carbocycles. The zero-order valence-electron chi connectivity index (χ0n) is 20.6. The predicted octanol–water partition coefficient (Wildman–Crippen LogP) is 5.17. The first kappa shape index (κ1) is 24.5. The van der Waals surface area contributed by atoms with E-state index >= 15 is 0 Å². The summed E-state index contributed by atoms with van der Waals surface area (Å²) in [6.07, 6.45) is 0. The smallest absolute Gasteiger partial charge is 0.338 e. The Labute approximate surface area is 208 Å². The van der Waals surface area contributed by atoms with E-state index in [4.69, 9.17) is 14.2 Å². The maximum Gasteiger partial charge on any atom is 0.338 e. The Bertz CT molecular complexity index is 1430. The molecule has 0 amide bonds. The topological polar surface area (TPSA) is 94.9 Å². The molecule has 0 aliphatic rings. The predicted molar refractivity (Wildman–Crippen MR) is 139 cm³/mol. The number of carbonyl (C=O) groups excluding carboxylic acids is 1. The van der Waals surface area contributed by atoms with E-state index in [9.17, 15) is 9.59 Å². The van der Waals surface area contributed by atoms with E-state index in [0.717, 1.165) is 5.56 Å². The molecule has 0 saturated heterocycles. The average molecular weight is 486 g/mol. The van der Waals surface area contributed by atoms with Crippen molar-refractivity contribution in [2.75, 3.05) is 20.8 Å². The molecule has 0 saturated carbocycles. The number of benzene rings is 3. The number of rotatable bonds is 8. The number of aromatic nitrogens is 2. The second-order valence-electron chi connectivity index (χ2n) is 7.89. The van der Waals surface area contributed by atoms with Crippen molar-refractivity contribution in [3.05, 3.63) is 94.3 Å². The summed E-state index contributed by atoms with van der Waals surface area (Å²) in [4.78, 5) is 30.2. The van der Waals surface area contributed by atoms with Crippen LogP contribution in [0.3, 0.4) is 0 Å². The first-order chi connectivity index (χ1) is 17.4. The number of H-pyrrole nitrogens is 1. The van der Waals surface area contributed by atoms with Gasteiger partial charge in [0, 0.05) is 5.56 Å². The third kappa shape index (κ3) is 5.07. The minimum Gasteiger partial charge on any atom is -0.497 e. The number of aliphatic imine (C=N–C) groups is 1. The van der Waals surface area contributed by atoms with Gasteiger partial charge in [0.15, 0.2) is 0 Å². The van der Waals surface area contributed by atoms with E-state index in [1.165, 1.54) is 4.68 Å². The molecule has 36 heavy (non-hydrogen) atoms. The fourth-order valence-corrected chi connectivity index (χ4v) is 3.79. The van der Waals surface area contributed by atoms with Crippen LogP contribution in [0.2, 0.25) is 0 Å². The summed E-state index contributed by atoms with van der Waals surface area (Å²) in [5, 5.41) is 3.24. The Balaban J connectivity index is 1.80. The van der Waals surface area contributed by atoms with Crippen LogP contribution in [0.1, 0.15) is 29.8 Å². The van der Waals surface area contributed by atoms with Crippen LogP contribution in [0.4, 0.5) is 5.69 Å². The minimum atomic E-state index is -0.389. The number of aromatic amines is 1. The number of nitrogens with zero attached hydrogens (tertiary/aromatic N) is 2. The highest BCUT2D eigenvalue weighted by molar-refractivity contribution is 6.05. The number of ether oxygens (including phenoxy) is 3. The van der Waals surface area contributed by atoms with Gasteiger partial charge in [-0.3, -0.25) is 14.9 Å². The number of hydrogen-bond acceptors (Lipinski definition) is 6. The monoisotopic (exact) mass is 485 g/mol. The van der Waals surface area contributed by atoms with Gasteiger partial charge in [-0.15, -0.1) is 0 Å². The molecule has 1 aromatic heterocycles. The van der Waals surface area contributed by atoms with Gasteiger partial charge in [0.1, 0.15) is 11.5 Å². The SMILES string of the molecule is CCOC(=O)c1ccc(N=C(C)c2c(-c3ccc(OC)cc3)[nH]n(-c3ccc(OC)cc3)c2=O)cc1. The third-order valence-electron chi connectivity index (χ3n) is 5.64. The number of nitrogens with one attached hydrogen (secondary N) is 1. The lowest BCUT2D eigenvalue weighted by molar-refractivity contribution is 0.0526. The molecule has 184 valence electrons. The summed E-state index contributed by atoms with van der Waals surface area (Å²) in [6, 6.07) is 21.4. The van der Waals surface area contributed by atoms with Crippen molar-refractivity contribution in [1.29, 1.82) is 0 Å². The summed E-state index contributed by atoms with van der Waals surface area (Å²) < 4.78 is 17.0. The number of carbonyl (C=O) groups is 1. The Morgan fingerprint density at radius 1 is 0.889 bits per heavy atom. The third-order valence-corrected chi connectivity index (χ3v) is 5.64. The molecule has 4 aromatic rings. The summed E-state index contributed by atoms with van der Waals surface area (Å²) >= 11 is 0. The van der Waals surface area contributed by atoms with E-state index in [0.29, 0.717) is 52.0 Å². The van der Waals surface area contributed by atoms with Crippen molar-refractivity contribution >= 4 is 17.4 Å². The normalized spacial score (nSPS) is 11.3. The molecule has 0 bridgehead atoms. The highest BCUT2D eigenvalue weighted by Crippen LogP contribution is 2.26. The molecular weight excluding hydrogens is 458 g/mol. The maximum absolute atomic E-state index is 13.6. The second kappa shape index (κ2) is 10.8. The maximum atomic E-state index is 13.6. The molecule has 1 heterocycles. The summed E-state index contributed by atoms with van der Waals surface area (Å²) in [6.45, 7) is 3.85. The molecule has 0 fully saturated rings. The summed E-state index contributed by atoms with van der Waals surface area (Å²) in [7, 11) is 3.20. The van der Waals surface area contributed by atoms with Crippen molar-refractivity contribution < 1.29 is 19.0 Å². The lowest BCUT2D eigenvalue weighted by atomic mass is 10.0. The van der Waals surface area contributed by atoms with Crippen LogP contribution in [0.15, 0.2) is 82.6 Å². The number of esters is 1. The van der Waals surface area contributed by atoms with E-state index in [1.807, 2.05) is 24.3 Å². The van der Waals surface area contributed by atoms with Crippen molar-refractivity contribution in [2.45, 2.75) is 13.8 Å². The lowest BCUT2D eigenvalue weighted by Crippen LogP contribution is -2.19. The summed E-state index contributed by atoms with van der Waals surface area (Å²) in [5.74, 6) is 1.02. The molecule has 0 unspecified atom stereocenters. The first-order valence-corrected chi connectivity index (χ1v) is 11.4.